The number of hydrogen-bond donors (Lipinski definition) is 2. The average molecular weight is 412 g/mol. The molecule has 4 nitrogen and oxygen atoms in total. The van der Waals surface area contributed by atoms with Crippen LogP contribution in [-0.2, 0) is 6.42 Å². The molecule has 2 aromatic carbocycles. The lowest BCUT2D eigenvalue weighted by Crippen LogP contribution is -2.38. The van der Waals surface area contributed by atoms with Gasteiger partial charge >= 0.3 is 6.03 Å². The van der Waals surface area contributed by atoms with E-state index >= 15 is 0 Å². The van der Waals surface area contributed by atoms with Gasteiger partial charge in [0.05, 0.1) is 0 Å². The lowest BCUT2D eigenvalue weighted by atomic mass is 10.1. The van der Waals surface area contributed by atoms with Gasteiger partial charge in [0.1, 0.15) is 5.75 Å². The van der Waals surface area contributed by atoms with Gasteiger partial charge in [-0.1, -0.05) is 39.7 Å². The van der Waals surface area contributed by atoms with E-state index in [-0.39, 0.29) is 12.8 Å². The van der Waals surface area contributed by atoms with Crippen molar-refractivity contribution >= 4 is 33.6 Å². The molecule has 24 heavy (non-hydrogen) atoms. The molecule has 0 saturated heterocycles. The molecule has 0 saturated carbocycles. The van der Waals surface area contributed by atoms with E-state index < -0.39 is 0 Å². The molecule has 2 aromatic rings. The summed E-state index contributed by atoms with van der Waals surface area (Å²) in [7, 11) is 0. The van der Waals surface area contributed by atoms with Gasteiger partial charge in [0, 0.05) is 16.0 Å². The zero-order chi connectivity index (χ0) is 17.5. The first kappa shape index (κ1) is 18.6. The monoisotopic (exact) mass is 410 g/mol. The number of carbonyl (C=O) groups excluding carboxylic acids is 1. The van der Waals surface area contributed by atoms with Crippen LogP contribution in [0.15, 0.2) is 40.9 Å². The second-order valence-electron chi connectivity index (χ2n) is 5.47. The van der Waals surface area contributed by atoms with E-state index in [0.29, 0.717) is 12.3 Å². The van der Waals surface area contributed by atoms with E-state index in [2.05, 4.69) is 26.6 Å². The summed E-state index contributed by atoms with van der Waals surface area (Å²) in [6.07, 6.45) is 0.775. The van der Waals surface area contributed by atoms with E-state index in [0.717, 1.165) is 27.0 Å². The van der Waals surface area contributed by atoms with E-state index in [1.165, 1.54) is 5.56 Å². The average Bonchev–Trinajstić information content (AvgIpc) is 2.54. The van der Waals surface area contributed by atoms with Gasteiger partial charge in [0.15, 0.2) is 6.73 Å². The quantitative estimate of drug-likeness (QED) is 0.683. The fourth-order valence-corrected chi connectivity index (χ4v) is 2.58. The summed E-state index contributed by atoms with van der Waals surface area (Å²) in [6, 6.07) is 11.5. The molecule has 128 valence electrons. The molecule has 0 heterocycles. The summed E-state index contributed by atoms with van der Waals surface area (Å²) in [4.78, 5) is 11.7. The van der Waals surface area contributed by atoms with Crippen molar-refractivity contribution < 1.29 is 9.53 Å². The zero-order valence-electron chi connectivity index (χ0n) is 13.7. The first-order chi connectivity index (χ1) is 11.5. The smallest absolute Gasteiger partial charge is 0.317 e. The predicted molar refractivity (Wildman–Crippen MR) is 101 cm³/mol. The first-order valence-corrected chi connectivity index (χ1v) is 8.78. The van der Waals surface area contributed by atoms with E-state index in [4.69, 9.17) is 16.3 Å². The third-order valence-corrected chi connectivity index (χ3v) is 4.62. The van der Waals surface area contributed by atoms with Crippen LogP contribution in [0.5, 0.6) is 5.75 Å². The minimum atomic E-state index is -0.255. The van der Waals surface area contributed by atoms with Crippen LogP contribution in [-0.4, -0.2) is 19.3 Å². The molecule has 0 spiro atoms. The number of amides is 2. The number of carbonyl (C=O) groups is 1. The molecule has 2 rings (SSSR count). The van der Waals surface area contributed by atoms with Crippen LogP contribution in [0.3, 0.4) is 0 Å². The maximum absolute atomic E-state index is 11.7. The molecule has 2 N–H and O–H groups in total. The summed E-state index contributed by atoms with van der Waals surface area (Å²) in [6.45, 7) is 4.51. The Morgan fingerprint density at radius 2 is 1.75 bits per heavy atom. The van der Waals surface area contributed by atoms with Gasteiger partial charge in [-0.15, -0.1) is 0 Å². The minimum Gasteiger partial charge on any atom is -0.473 e. The summed E-state index contributed by atoms with van der Waals surface area (Å²) in [5, 5.41) is 6.21. The van der Waals surface area contributed by atoms with Crippen molar-refractivity contribution in [3.63, 3.8) is 0 Å². The van der Waals surface area contributed by atoms with Crippen LogP contribution in [0.1, 0.15) is 16.7 Å². The number of ether oxygens (including phenoxy) is 1. The third-order valence-electron chi connectivity index (χ3n) is 3.49. The highest BCUT2D eigenvalue weighted by Crippen LogP contribution is 2.25. The van der Waals surface area contributed by atoms with Crippen molar-refractivity contribution in [2.45, 2.75) is 20.3 Å². The van der Waals surface area contributed by atoms with Crippen LogP contribution in [0.2, 0.25) is 5.02 Å². The molecule has 6 heteroatoms. The number of nitrogens with one attached hydrogen (secondary N) is 2. The van der Waals surface area contributed by atoms with Crippen LogP contribution in [0, 0.1) is 13.8 Å². The second-order valence-corrected chi connectivity index (χ2v) is 6.76. The van der Waals surface area contributed by atoms with Crippen LogP contribution in [0.4, 0.5) is 4.79 Å². The van der Waals surface area contributed by atoms with Crippen molar-refractivity contribution in [1.82, 2.24) is 10.6 Å². The summed E-state index contributed by atoms with van der Waals surface area (Å²) in [5.74, 6) is 0.685. The van der Waals surface area contributed by atoms with E-state index in [1.54, 1.807) is 0 Å². The molecule has 0 unspecified atom stereocenters. The predicted octanol–water partition coefficient (Wildman–Crippen LogP) is 4.60. The van der Waals surface area contributed by atoms with Gasteiger partial charge in [-0.2, -0.15) is 0 Å². The Bertz CT molecular complexity index is 682. The molecule has 0 aliphatic rings. The molecule has 0 bridgehead atoms. The topological polar surface area (TPSA) is 50.4 Å². The molecule has 0 aliphatic heterocycles. The van der Waals surface area contributed by atoms with Crippen molar-refractivity contribution in [1.29, 1.82) is 0 Å². The highest BCUT2D eigenvalue weighted by Gasteiger charge is 2.04. The van der Waals surface area contributed by atoms with Crippen LogP contribution in [0.25, 0.3) is 0 Å². The molecular formula is C18H20BrClN2O2. The Kier molecular flexibility index (Phi) is 6.94. The highest BCUT2D eigenvalue weighted by atomic mass is 79.9. The van der Waals surface area contributed by atoms with E-state index in [1.807, 2.05) is 50.2 Å². The van der Waals surface area contributed by atoms with Gasteiger partial charge < -0.3 is 15.4 Å². The maximum Gasteiger partial charge on any atom is 0.317 e. The Morgan fingerprint density at radius 3 is 2.38 bits per heavy atom. The lowest BCUT2D eigenvalue weighted by Gasteiger charge is -2.11. The number of hydrogen-bond acceptors (Lipinski definition) is 2. The highest BCUT2D eigenvalue weighted by molar-refractivity contribution is 9.10. The van der Waals surface area contributed by atoms with Crippen LogP contribution < -0.4 is 15.4 Å². The molecule has 0 aromatic heterocycles. The fraction of sp³-hybridized carbons (Fsp3) is 0.278. The van der Waals surface area contributed by atoms with Gasteiger partial charge in [-0.3, -0.25) is 0 Å². The fourth-order valence-electron chi connectivity index (χ4n) is 2.21. The summed E-state index contributed by atoms with van der Waals surface area (Å²) >= 11 is 9.51. The van der Waals surface area contributed by atoms with Gasteiger partial charge in [-0.05, 0) is 61.2 Å². The Morgan fingerprint density at radius 1 is 1.12 bits per heavy atom. The number of halogens is 2. The van der Waals surface area contributed by atoms with Gasteiger partial charge in [0.2, 0.25) is 0 Å². The van der Waals surface area contributed by atoms with Crippen molar-refractivity contribution in [3.8, 4) is 5.75 Å². The maximum atomic E-state index is 11.7. The Hall–Kier alpha value is -1.72. The number of benzene rings is 2. The molecular weight excluding hydrogens is 392 g/mol. The standard InChI is InChI=1S/C18H20BrClN2O2/c1-12-9-16(10-13(2)17(12)20)24-11-22-18(23)21-8-7-14-3-5-15(19)6-4-14/h3-6,9-10H,7-8,11H2,1-2H3,(H2,21,22,23). The van der Waals surface area contributed by atoms with Crippen molar-refractivity contribution in [3.05, 3.63) is 62.6 Å². The lowest BCUT2D eigenvalue weighted by molar-refractivity contribution is 0.224. The zero-order valence-corrected chi connectivity index (χ0v) is 16.0. The molecule has 0 atom stereocenters. The normalized spacial score (nSPS) is 10.3. The number of aryl methyl sites for hydroxylation is 2. The second kappa shape index (κ2) is 8.94. The number of rotatable bonds is 6. The number of urea groups is 1. The van der Waals surface area contributed by atoms with Gasteiger partial charge in [0.25, 0.3) is 0 Å². The minimum absolute atomic E-state index is 0.102. The van der Waals surface area contributed by atoms with Crippen molar-refractivity contribution in [2.75, 3.05) is 13.3 Å². The molecule has 2 amide bonds. The summed E-state index contributed by atoms with van der Waals surface area (Å²) < 4.78 is 6.58. The largest absolute Gasteiger partial charge is 0.473 e. The van der Waals surface area contributed by atoms with E-state index in [9.17, 15) is 4.79 Å². The Balaban J connectivity index is 1.69. The SMILES string of the molecule is Cc1cc(OCNC(=O)NCCc2ccc(Br)cc2)cc(C)c1Cl. The Labute approximate surface area is 155 Å². The van der Waals surface area contributed by atoms with Gasteiger partial charge in [-0.25, -0.2) is 4.79 Å². The van der Waals surface area contributed by atoms with Crippen molar-refractivity contribution in [2.24, 2.45) is 0 Å². The molecule has 0 aliphatic carbocycles. The summed E-state index contributed by atoms with van der Waals surface area (Å²) in [5.41, 5.74) is 3.07. The third kappa shape index (κ3) is 5.73. The van der Waals surface area contributed by atoms with Crippen LogP contribution >= 0.6 is 27.5 Å². The molecule has 0 fully saturated rings. The molecule has 0 radical (unpaired) electrons. The first-order valence-electron chi connectivity index (χ1n) is 7.61.